The lowest BCUT2D eigenvalue weighted by molar-refractivity contribution is -0.0290. The number of ether oxygens (including phenoxy) is 1. The summed E-state index contributed by atoms with van der Waals surface area (Å²) in [5.74, 6) is 6.44. The lowest BCUT2D eigenvalue weighted by atomic mass is 9.77. The Morgan fingerprint density at radius 3 is 2.79 bits per heavy atom. The molecule has 1 fully saturated rings. The van der Waals surface area contributed by atoms with E-state index < -0.39 is 0 Å². The second-order valence-corrected chi connectivity index (χ2v) is 6.16. The fourth-order valence-electron chi connectivity index (χ4n) is 2.78. The van der Waals surface area contributed by atoms with Gasteiger partial charge < -0.3 is 4.74 Å². The molecule has 0 spiro atoms. The Morgan fingerprint density at radius 2 is 2.16 bits per heavy atom. The molecule has 1 aliphatic carbocycles. The molecule has 0 amide bonds. The molecule has 3 nitrogen and oxygen atoms in total. The van der Waals surface area contributed by atoms with Gasteiger partial charge in [0.25, 0.3) is 0 Å². The average molecular weight is 327 g/mol. The second kappa shape index (κ2) is 7.39. The van der Waals surface area contributed by atoms with E-state index in [0.29, 0.717) is 12.1 Å². The van der Waals surface area contributed by atoms with Crippen LogP contribution in [0.1, 0.15) is 31.7 Å². The highest BCUT2D eigenvalue weighted by atomic mass is 79.9. The lowest BCUT2D eigenvalue weighted by Crippen LogP contribution is -2.42. The molecule has 0 aromatic heterocycles. The molecule has 106 valence electrons. The molecule has 1 atom stereocenters. The molecular formula is C15H23BrN2O. The fraction of sp³-hybridized carbons (Fsp3) is 0.600. The third-order valence-corrected chi connectivity index (χ3v) is 4.65. The molecule has 0 bridgehead atoms. The van der Waals surface area contributed by atoms with E-state index in [-0.39, 0.29) is 0 Å². The Bertz CT molecular complexity index is 393. The van der Waals surface area contributed by atoms with Crippen molar-refractivity contribution in [3.05, 3.63) is 34.3 Å². The zero-order valence-electron chi connectivity index (χ0n) is 11.4. The summed E-state index contributed by atoms with van der Waals surface area (Å²) in [4.78, 5) is 0. The molecule has 1 aromatic carbocycles. The first-order chi connectivity index (χ1) is 9.22. The molecule has 19 heavy (non-hydrogen) atoms. The second-order valence-electron chi connectivity index (χ2n) is 5.31. The van der Waals surface area contributed by atoms with Crippen LogP contribution in [-0.2, 0) is 11.2 Å². The molecule has 1 saturated carbocycles. The number of halogens is 1. The van der Waals surface area contributed by atoms with Gasteiger partial charge in [-0.25, -0.2) is 0 Å². The van der Waals surface area contributed by atoms with E-state index >= 15 is 0 Å². The average Bonchev–Trinajstić information content (AvgIpc) is 2.37. The van der Waals surface area contributed by atoms with Crippen molar-refractivity contribution in [2.45, 2.75) is 44.8 Å². The van der Waals surface area contributed by atoms with Crippen LogP contribution in [0.25, 0.3) is 0 Å². The van der Waals surface area contributed by atoms with Crippen molar-refractivity contribution >= 4 is 15.9 Å². The van der Waals surface area contributed by atoms with Gasteiger partial charge in [-0.15, -0.1) is 0 Å². The molecule has 0 radical (unpaired) electrons. The van der Waals surface area contributed by atoms with Crippen LogP contribution in [0.2, 0.25) is 0 Å². The summed E-state index contributed by atoms with van der Waals surface area (Å²) < 4.78 is 6.76. The molecule has 3 N–H and O–H groups in total. The van der Waals surface area contributed by atoms with Gasteiger partial charge in [0, 0.05) is 17.1 Å². The molecule has 4 heteroatoms. The van der Waals surface area contributed by atoms with Crippen molar-refractivity contribution < 1.29 is 4.74 Å². The van der Waals surface area contributed by atoms with E-state index in [2.05, 4.69) is 46.5 Å². The first-order valence-electron chi connectivity index (χ1n) is 7.04. The zero-order chi connectivity index (χ0) is 13.7. The first-order valence-corrected chi connectivity index (χ1v) is 7.83. The summed E-state index contributed by atoms with van der Waals surface area (Å²) in [6, 6.07) is 8.68. The highest BCUT2D eigenvalue weighted by molar-refractivity contribution is 9.10. The minimum Gasteiger partial charge on any atom is -0.378 e. The van der Waals surface area contributed by atoms with E-state index in [1.54, 1.807) is 0 Å². The molecule has 1 aliphatic rings. The zero-order valence-corrected chi connectivity index (χ0v) is 13.0. The predicted octanol–water partition coefficient (Wildman–Crippen LogP) is 3.03. The normalized spacial score (nSPS) is 23.9. The van der Waals surface area contributed by atoms with Crippen molar-refractivity contribution in [3.8, 4) is 0 Å². The number of hydrogen-bond donors (Lipinski definition) is 2. The van der Waals surface area contributed by atoms with Crippen molar-refractivity contribution in [2.75, 3.05) is 6.61 Å². The maximum atomic E-state index is 5.69. The van der Waals surface area contributed by atoms with E-state index in [1.165, 1.54) is 18.4 Å². The summed E-state index contributed by atoms with van der Waals surface area (Å²) in [5.41, 5.74) is 4.27. The summed E-state index contributed by atoms with van der Waals surface area (Å²) in [5, 5.41) is 0. The van der Waals surface area contributed by atoms with Crippen LogP contribution in [0, 0.1) is 5.92 Å². The van der Waals surface area contributed by atoms with Crippen molar-refractivity contribution in [3.63, 3.8) is 0 Å². The Kier molecular flexibility index (Phi) is 5.82. The highest BCUT2D eigenvalue weighted by Gasteiger charge is 2.31. The van der Waals surface area contributed by atoms with Crippen LogP contribution in [0.15, 0.2) is 28.7 Å². The number of hydrazine groups is 1. The van der Waals surface area contributed by atoms with Crippen LogP contribution >= 0.6 is 15.9 Å². The van der Waals surface area contributed by atoms with Crippen LogP contribution in [-0.4, -0.2) is 18.8 Å². The maximum absolute atomic E-state index is 5.69. The maximum Gasteiger partial charge on any atom is 0.0580 e. The Balaban J connectivity index is 1.80. The molecular weight excluding hydrogens is 304 g/mol. The smallest absolute Gasteiger partial charge is 0.0580 e. The number of hydrogen-bond acceptors (Lipinski definition) is 3. The number of benzene rings is 1. The van der Waals surface area contributed by atoms with Gasteiger partial charge >= 0.3 is 0 Å². The van der Waals surface area contributed by atoms with Gasteiger partial charge in [0.2, 0.25) is 0 Å². The van der Waals surface area contributed by atoms with E-state index in [9.17, 15) is 0 Å². The van der Waals surface area contributed by atoms with Crippen molar-refractivity contribution in [1.29, 1.82) is 0 Å². The predicted molar refractivity (Wildman–Crippen MR) is 81.7 cm³/mol. The third-order valence-electron chi connectivity index (χ3n) is 3.87. The summed E-state index contributed by atoms with van der Waals surface area (Å²) in [7, 11) is 0. The van der Waals surface area contributed by atoms with Gasteiger partial charge in [-0.3, -0.25) is 11.3 Å². The lowest BCUT2D eigenvalue weighted by Gasteiger charge is -2.37. The Morgan fingerprint density at radius 1 is 1.42 bits per heavy atom. The minimum atomic E-state index is 0.339. The van der Waals surface area contributed by atoms with E-state index in [0.717, 1.165) is 29.8 Å². The third kappa shape index (κ3) is 4.28. The van der Waals surface area contributed by atoms with Crippen LogP contribution in [0.4, 0.5) is 0 Å². The largest absolute Gasteiger partial charge is 0.378 e. The number of nitrogens with two attached hydrogens (primary N) is 1. The van der Waals surface area contributed by atoms with Gasteiger partial charge in [0.15, 0.2) is 0 Å². The molecule has 0 aliphatic heterocycles. The number of nitrogens with one attached hydrogen (secondary N) is 1. The van der Waals surface area contributed by atoms with Gasteiger partial charge in [-0.05, 0) is 50.2 Å². The topological polar surface area (TPSA) is 47.3 Å². The highest BCUT2D eigenvalue weighted by Crippen LogP contribution is 2.34. The van der Waals surface area contributed by atoms with Gasteiger partial charge in [0.1, 0.15) is 0 Å². The molecule has 1 aromatic rings. The Labute approximate surface area is 124 Å². The molecule has 1 unspecified atom stereocenters. The number of rotatable bonds is 7. The van der Waals surface area contributed by atoms with Crippen LogP contribution in [0.5, 0.6) is 0 Å². The quantitative estimate of drug-likeness (QED) is 0.598. The van der Waals surface area contributed by atoms with E-state index in [1.807, 2.05) is 6.07 Å². The van der Waals surface area contributed by atoms with Crippen LogP contribution < -0.4 is 11.3 Å². The van der Waals surface area contributed by atoms with Gasteiger partial charge in [-0.2, -0.15) is 0 Å². The van der Waals surface area contributed by atoms with Crippen LogP contribution in [0.3, 0.4) is 0 Å². The van der Waals surface area contributed by atoms with Crippen molar-refractivity contribution in [1.82, 2.24) is 5.43 Å². The molecule has 2 rings (SSSR count). The van der Waals surface area contributed by atoms with Crippen molar-refractivity contribution in [2.24, 2.45) is 11.8 Å². The van der Waals surface area contributed by atoms with E-state index in [4.69, 9.17) is 10.6 Å². The summed E-state index contributed by atoms with van der Waals surface area (Å²) in [6.45, 7) is 2.89. The monoisotopic (exact) mass is 326 g/mol. The SMILES string of the molecule is CCOC1CC(CC(Cc2ccccc2Br)NN)C1. The van der Waals surface area contributed by atoms with Gasteiger partial charge in [-0.1, -0.05) is 34.1 Å². The molecule has 0 heterocycles. The van der Waals surface area contributed by atoms with Gasteiger partial charge in [0.05, 0.1) is 6.10 Å². The first kappa shape index (κ1) is 15.0. The summed E-state index contributed by atoms with van der Waals surface area (Å²) >= 11 is 3.59. The fourth-order valence-corrected chi connectivity index (χ4v) is 3.23. The summed E-state index contributed by atoms with van der Waals surface area (Å²) in [6.07, 6.45) is 4.94. The Hall–Kier alpha value is -0.420. The minimum absolute atomic E-state index is 0.339. The standard InChI is InChI=1S/C15H23BrN2O/c1-2-19-14-8-11(9-14)7-13(18-17)10-12-5-3-4-6-15(12)16/h3-6,11,13-14,18H,2,7-10,17H2,1H3. The molecule has 0 saturated heterocycles.